The molecule has 0 bridgehead atoms. The predicted molar refractivity (Wildman–Crippen MR) is 44.9 cm³/mol. The molecule has 0 radical (unpaired) electrons. The molecule has 4 heteroatoms. The van der Waals surface area contributed by atoms with Gasteiger partial charge in [0, 0.05) is 6.07 Å². The second-order valence-electron chi connectivity index (χ2n) is 2.39. The summed E-state index contributed by atoms with van der Waals surface area (Å²) in [6.07, 6.45) is 0.496. The van der Waals surface area contributed by atoms with E-state index < -0.39 is 0 Å². The number of aldehydes is 1. The van der Waals surface area contributed by atoms with Gasteiger partial charge in [0.1, 0.15) is 11.5 Å². The maximum atomic E-state index is 10.4. The van der Waals surface area contributed by atoms with E-state index in [2.05, 4.69) is 0 Å². The highest BCUT2D eigenvalue weighted by atomic mass is 35.5. The van der Waals surface area contributed by atoms with Gasteiger partial charge in [-0.15, -0.1) is 0 Å². The molecule has 0 unspecified atom stereocenters. The number of halogens is 1. The standard InChI is InChI=1S/C8H7ClO3/c1-4-5(3-10)6(11)2-7(12)8(4)9/h2-3,11-12H,1H3. The van der Waals surface area contributed by atoms with E-state index in [1.807, 2.05) is 0 Å². The molecule has 0 spiro atoms. The summed E-state index contributed by atoms with van der Waals surface area (Å²) in [4.78, 5) is 10.4. The lowest BCUT2D eigenvalue weighted by Crippen LogP contribution is -1.88. The second kappa shape index (κ2) is 3.03. The zero-order valence-electron chi connectivity index (χ0n) is 6.34. The normalized spacial score (nSPS) is 9.83. The van der Waals surface area contributed by atoms with Crippen molar-refractivity contribution in [3.05, 3.63) is 22.2 Å². The highest BCUT2D eigenvalue weighted by molar-refractivity contribution is 6.33. The minimum Gasteiger partial charge on any atom is -0.507 e. The van der Waals surface area contributed by atoms with Gasteiger partial charge in [-0.1, -0.05) is 11.6 Å². The van der Waals surface area contributed by atoms with Crippen molar-refractivity contribution >= 4 is 17.9 Å². The number of carbonyl (C=O) groups excluding carboxylic acids is 1. The molecule has 0 atom stereocenters. The van der Waals surface area contributed by atoms with E-state index in [-0.39, 0.29) is 22.1 Å². The highest BCUT2D eigenvalue weighted by Gasteiger charge is 2.11. The van der Waals surface area contributed by atoms with Gasteiger partial charge >= 0.3 is 0 Å². The van der Waals surface area contributed by atoms with Crippen LogP contribution in [0.5, 0.6) is 11.5 Å². The van der Waals surface area contributed by atoms with Gasteiger partial charge in [-0.3, -0.25) is 4.79 Å². The fraction of sp³-hybridized carbons (Fsp3) is 0.125. The molecule has 1 aromatic carbocycles. The first-order valence-corrected chi connectivity index (χ1v) is 3.62. The van der Waals surface area contributed by atoms with Crippen molar-refractivity contribution in [2.75, 3.05) is 0 Å². The molecule has 0 saturated carbocycles. The summed E-state index contributed by atoms with van der Waals surface area (Å²) in [5.74, 6) is -0.485. The Morgan fingerprint density at radius 3 is 2.50 bits per heavy atom. The lowest BCUT2D eigenvalue weighted by molar-refractivity contribution is 0.112. The molecule has 2 N–H and O–H groups in total. The van der Waals surface area contributed by atoms with Crippen molar-refractivity contribution in [1.82, 2.24) is 0 Å². The van der Waals surface area contributed by atoms with Gasteiger partial charge in [0.25, 0.3) is 0 Å². The van der Waals surface area contributed by atoms with Gasteiger partial charge in [-0.25, -0.2) is 0 Å². The molecule has 0 amide bonds. The van der Waals surface area contributed by atoms with Crippen molar-refractivity contribution in [2.45, 2.75) is 6.92 Å². The predicted octanol–water partition coefficient (Wildman–Crippen LogP) is 1.87. The highest BCUT2D eigenvalue weighted by Crippen LogP contribution is 2.34. The van der Waals surface area contributed by atoms with E-state index in [4.69, 9.17) is 21.8 Å². The summed E-state index contributed by atoms with van der Waals surface area (Å²) in [6, 6.07) is 1.04. The monoisotopic (exact) mass is 186 g/mol. The molecule has 0 aromatic heterocycles. The van der Waals surface area contributed by atoms with E-state index >= 15 is 0 Å². The smallest absolute Gasteiger partial charge is 0.154 e. The van der Waals surface area contributed by atoms with Crippen molar-refractivity contribution in [3.63, 3.8) is 0 Å². The van der Waals surface area contributed by atoms with Crippen LogP contribution in [0.1, 0.15) is 15.9 Å². The van der Waals surface area contributed by atoms with E-state index in [9.17, 15) is 4.79 Å². The molecule has 0 aliphatic rings. The van der Waals surface area contributed by atoms with Gasteiger partial charge in [0.15, 0.2) is 6.29 Å². The minimum absolute atomic E-state index is 0.0925. The van der Waals surface area contributed by atoms with E-state index in [1.54, 1.807) is 6.92 Å². The van der Waals surface area contributed by atoms with Crippen molar-refractivity contribution in [1.29, 1.82) is 0 Å². The number of aromatic hydroxyl groups is 2. The first kappa shape index (κ1) is 8.87. The Kier molecular flexibility index (Phi) is 2.24. The quantitative estimate of drug-likeness (QED) is 0.659. The number of hydrogen-bond acceptors (Lipinski definition) is 3. The zero-order valence-corrected chi connectivity index (χ0v) is 7.09. The molecule has 1 rings (SSSR count). The number of phenolic OH excluding ortho intramolecular Hbond substituents is 2. The molecule has 12 heavy (non-hydrogen) atoms. The number of rotatable bonds is 1. The fourth-order valence-corrected chi connectivity index (χ4v) is 1.08. The van der Waals surface area contributed by atoms with E-state index in [1.165, 1.54) is 0 Å². The molecule has 0 aliphatic carbocycles. The fourth-order valence-electron chi connectivity index (χ4n) is 0.922. The van der Waals surface area contributed by atoms with E-state index in [0.717, 1.165) is 6.07 Å². The topological polar surface area (TPSA) is 57.5 Å². The van der Waals surface area contributed by atoms with Crippen LogP contribution in [0.25, 0.3) is 0 Å². The van der Waals surface area contributed by atoms with Crippen molar-refractivity contribution in [3.8, 4) is 11.5 Å². The van der Waals surface area contributed by atoms with Crippen LogP contribution in [-0.4, -0.2) is 16.5 Å². The Morgan fingerprint density at radius 2 is 2.00 bits per heavy atom. The van der Waals surface area contributed by atoms with Crippen LogP contribution < -0.4 is 0 Å². The van der Waals surface area contributed by atoms with Gasteiger partial charge in [0.05, 0.1) is 10.6 Å². The van der Waals surface area contributed by atoms with Gasteiger partial charge in [0.2, 0.25) is 0 Å². The van der Waals surface area contributed by atoms with Crippen LogP contribution in [0.2, 0.25) is 5.02 Å². The maximum Gasteiger partial charge on any atom is 0.154 e. The van der Waals surface area contributed by atoms with Crippen LogP contribution in [0.3, 0.4) is 0 Å². The zero-order chi connectivity index (χ0) is 9.30. The summed E-state index contributed by atoms with van der Waals surface area (Å²) in [5.41, 5.74) is 0.488. The van der Waals surface area contributed by atoms with Crippen LogP contribution in [0.4, 0.5) is 0 Å². The lowest BCUT2D eigenvalue weighted by atomic mass is 10.1. The average Bonchev–Trinajstić information content (AvgIpc) is 2.01. The number of phenols is 2. The summed E-state index contributed by atoms with van der Waals surface area (Å²) in [6.45, 7) is 1.55. The molecule has 0 saturated heterocycles. The molecule has 0 heterocycles. The van der Waals surface area contributed by atoms with Gasteiger partial charge in [-0.2, -0.15) is 0 Å². The molecule has 0 fully saturated rings. The van der Waals surface area contributed by atoms with Crippen LogP contribution in [0.15, 0.2) is 6.07 Å². The SMILES string of the molecule is Cc1c(Cl)c(O)cc(O)c1C=O. The maximum absolute atomic E-state index is 10.4. The first-order valence-electron chi connectivity index (χ1n) is 3.24. The third-order valence-electron chi connectivity index (χ3n) is 1.63. The van der Waals surface area contributed by atoms with Crippen molar-refractivity contribution < 1.29 is 15.0 Å². The largest absolute Gasteiger partial charge is 0.507 e. The lowest BCUT2D eigenvalue weighted by Gasteiger charge is -2.05. The molecule has 1 aromatic rings. The number of hydrogen-bond donors (Lipinski definition) is 2. The summed E-state index contributed by atoms with van der Waals surface area (Å²) in [7, 11) is 0. The van der Waals surface area contributed by atoms with E-state index in [0.29, 0.717) is 11.8 Å². The Hall–Kier alpha value is -1.22. The van der Waals surface area contributed by atoms with Crippen LogP contribution in [0, 0.1) is 6.92 Å². The van der Waals surface area contributed by atoms with Crippen LogP contribution >= 0.6 is 11.6 Å². The Morgan fingerprint density at radius 1 is 1.42 bits per heavy atom. The molecule has 0 aliphatic heterocycles. The second-order valence-corrected chi connectivity index (χ2v) is 2.76. The molecular weight excluding hydrogens is 180 g/mol. The Bertz CT molecular complexity index is 334. The van der Waals surface area contributed by atoms with Gasteiger partial charge < -0.3 is 10.2 Å². The third-order valence-corrected chi connectivity index (χ3v) is 2.10. The molecular formula is C8H7ClO3. The molecule has 3 nitrogen and oxygen atoms in total. The number of benzene rings is 1. The minimum atomic E-state index is -0.260. The Labute approximate surface area is 74.2 Å². The van der Waals surface area contributed by atoms with Crippen molar-refractivity contribution in [2.24, 2.45) is 0 Å². The summed E-state index contributed by atoms with van der Waals surface area (Å²) in [5, 5.41) is 18.3. The first-order chi connectivity index (χ1) is 5.57. The summed E-state index contributed by atoms with van der Waals surface area (Å²) >= 11 is 5.61. The molecule has 64 valence electrons. The number of carbonyl (C=O) groups is 1. The average molecular weight is 187 g/mol. The summed E-state index contributed by atoms with van der Waals surface area (Å²) < 4.78 is 0. The van der Waals surface area contributed by atoms with Crippen LogP contribution in [-0.2, 0) is 0 Å². The third kappa shape index (κ3) is 1.23. The van der Waals surface area contributed by atoms with Gasteiger partial charge in [-0.05, 0) is 12.5 Å². The Balaban J connectivity index is 3.51.